The minimum Gasteiger partial charge on any atom is -0.490 e. The summed E-state index contributed by atoms with van der Waals surface area (Å²) in [5.74, 6) is 1.84. The summed E-state index contributed by atoms with van der Waals surface area (Å²) in [6.45, 7) is 2.60. The molecule has 0 aromatic heterocycles. The first-order valence-electron chi connectivity index (χ1n) is 5.23. The highest BCUT2D eigenvalue weighted by Crippen LogP contribution is 2.17. The Morgan fingerprint density at radius 2 is 2.31 bits per heavy atom. The topological polar surface area (TPSA) is 26.3 Å². The summed E-state index contributed by atoms with van der Waals surface area (Å²) < 4.78 is 18.6. The van der Waals surface area contributed by atoms with Gasteiger partial charge in [0.1, 0.15) is 6.29 Å². The van der Waals surface area contributed by atoms with Gasteiger partial charge in [-0.2, -0.15) is 11.8 Å². The van der Waals surface area contributed by atoms with Gasteiger partial charge in [0.2, 0.25) is 0 Å². The van der Waals surface area contributed by atoms with Crippen molar-refractivity contribution in [2.45, 2.75) is 13.3 Å². The number of benzene rings is 1. The smallest absolute Gasteiger partial charge is 0.165 e. The molecule has 4 heteroatoms. The molecular formula is C12H15FO2S. The van der Waals surface area contributed by atoms with Gasteiger partial charge < -0.3 is 4.74 Å². The summed E-state index contributed by atoms with van der Waals surface area (Å²) in [6, 6.07) is 4.22. The van der Waals surface area contributed by atoms with E-state index in [2.05, 4.69) is 6.92 Å². The number of ether oxygens (including phenoxy) is 1. The zero-order chi connectivity index (χ0) is 11.8. The quantitative estimate of drug-likeness (QED) is 0.542. The highest BCUT2D eigenvalue weighted by molar-refractivity contribution is 7.99. The van der Waals surface area contributed by atoms with Gasteiger partial charge in [-0.1, -0.05) is 6.92 Å². The van der Waals surface area contributed by atoms with Gasteiger partial charge in [-0.15, -0.1) is 0 Å². The largest absolute Gasteiger partial charge is 0.490 e. The second-order valence-electron chi connectivity index (χ2n) is 3.21. The van der Waals surface area contributed by atoms with Gasteiger partial charge >= 0.3 is 0 Å². The summed E-state index contributed by atoms with van der Waals surface area (Å²) in [6.07, 6.45) is 1.51. The van der Waals surface area contributed by atoms with Crippen LogP contribution < -0.4 is 4.74 Å². The number of halogens is 1. The first-order valence-corrected chi connectivity index (χ1v) is 6.38. The molecule has 1 aromatic carbocycles. The Bertz CT molecular complexity index is 342. The molecule has 0 aliphatic carbocycles. The van der Waals surface area contributed by atoms with Crippen molar-refractivity contribution in [2.24, 2.45) is 0 Å². The van der Waals surface area contributed by atoms with E-state index in [4.69, 9.17) is 4.74 Å². The van der Waals surface area contributed by atoms with Crippen molar-refractivity contribution in [3.8, 4) is 5.75 Å². The molecule has 0 aliphatic heterocycles. The van der Waals surface area contributed by atoms with Crippen molar-refractivity contribution in [3.63, 3.8) is 0 Å². The number of hydrogen-bond donors (Lipinski definition) is 0. The van der Waals surface area contributed by atoms with Crippen LogP contribution in [0, 0.1) is 5.82 Å². The van der Waals surface area contributed by atoms with Crippen LogP contribution in [0.15, 0.2) is 18.2 Å². The summed E-state index contributed by atoms with van der Waals surface area (Å²) in [5, 5.41) is 0. The first kappa shape index (κ1) is 13.0. The highest BCUT2D eigenvalue weighted by Gasteiger charge is 2.03. The maximum atomic E-state index is 13.3. The fourth-order valence-corrected chi connectivity index (χ4v) is 1.81. The molecule has 1 rings (SSSR count). The standard InChI is InChI=1S/C12H15FO2S/c1-2-16-7-3-6-15-12-5-4-10(9-14)8-11(12)13/h4-5,8-9H,2-3,6-7H2,1H3. The van der Waals surface area contributed by atoms with Crippen LogP contribution >= 0.6 is 11.8 Å². The fourth-order valence-electron chi connectivity index (χ4n) is 1.19. The second-order valence-corrected chi connectivity index (χ2v) is 4.60. The van der Waals surface area contributed by atoms with E-state index in [1.165, 1.54) is 12.1 Å². The predicted octanol–water partition coefficient (Wildman–Crippen LogP) is 3.16. The molecule has 0 radical (unpaired) electrons. The van der Waals surface area contributed by atoms with Gasteiger partial charge in [-0.3, -0.25) is 4.79 Å². The van der Waals surface area contributed by atoms with Crippen LogP contribution in [-0.2, 0) is 0 Å². The molecule has 0 fully saturated rings. The normalized spacial score (nSPS) is 10.1. The van der Waals surface area contributed by atoms with E-state index in [-0.39, 0.29) is 5.75 Å². The average Bonchev–Trinajstić information content (AvgIpc) is 2.30. The lowest BCUT2D eigenvalue weighted by atomic mass is 10.2. The molecule has 0 saturated heterocycles. The van der Waals surface area contributed by atoms with E-state index in [0.29, 0.717) is 18.5 Å². The zero-order valence-corrected chi connectivity index (χ0v) is 10.1. The van der Waals surface area contributed by atoms with E-state index < -0.39 is 5.82 Å². The Labute approximate surface area is 99.2 Å². The van der Waals surface area contributed by atoms with Gasteiger partial charge in [-0.05, 0) is 36.1 Å². The minimum absolute atomic E-state index is 0.215. The molecule has 0 unspecified atom stereocenters. The molecule has 16 heavy (non-hydrogen) atoms. The molecule has 0 N–H and O–H groups in total. The maximum Gasteiger partial charge on any atom is 0.165 e. The Hall–Kier alpha value is -1.03. The SMILES string of the molecule is CCSCCCOc1ccc(C=O)cc1F. The van der Waals surface area contributed by atoms with Crippen LogP contribution in [0.4, 0.5) is 4.39 Å². The number of thioether (sulfide) groups is 1. The van der Waals surface area contributed by atoms with Crippen molar-refractivity contribution < 1.29 is 13.9 Å². The Morgan fingerprint density at radius 3 is 2.94 bits per heavy atom. The Morgan fingerprint density at radius 1 is 1.50 bits per heavy atom. The van der Waals surface area contributed by atoms with Crippen LogP contribution in [0.2, 0.25) is 0 Å². The van der Waals surface area contributed by atoms with E-state index in [1.54, 1.807) is 6.07 Å². The Kier molecular flexibility index (Phi) is 5.93. The van der Waals surface area contributed by atoms with E-state index in [9.17, 15) is 9.18 Å². The molecule has 1 aromatic rings. The molecule has 0 spiro atoms. The highest BCUT2D eigenvalue weighted by atomic mass is 32.2. The van der Waals surface area contributed by atoms with Crippen LogP contribution in [0.1, 0.15) is 23.7 Å². The van der Waals surface area contributed by atoms with Crippen molar-refractivity contribution in [1.29, 1.82) is 0 Å². The monoisotopic (exact) mass is 242 g/mol. The lowest BCUT2D eigenvalue weighted by Crippen LogP contribution is -2.01. The van der Waals surface area contributed by atoms with Crippen LogP contribution in [0.25, 0.3) is 0 Å². The van der Waals surface area contributed by atoms with E-state index in [1.807, 2.05) is 11.8 Å². The summed E-state index contributed by atoms with van der Waals surface area (Å²) in [7, 11) is 0. The van der Waals surface area contributed by atoms with Crippen LogP contribution in [-0.4, -0.2) is 24.4 Å². The van der Waals surface area contributed by atoms with E-state index >= 15 is 0 Å². The molecule has 2 nitrogen and oxygen atoms in total. The average molecular weight is 242 g/mol. The maximum absolute atomic E-state index is 13.3. The van der Waals surface area contributed by atoms with Crippen molar-refractivity contribution >= 4 is 18.0 Å². The molecule has 0 aliphatic rings. The zero-order valence-electron chi connectivity index (χ0n) is 9.24. The van der Waals surface area contributed by atoms with Gasteiger partial charge in [0.15, 0.2) is 11.6 Å². The number of rotatable bonds is 7. The predicted molar refractivity (Wildman–Crippen MR) is 64.9 cm³/mol. The third kappa shape index (κ3) is 4.23. The number of carbonyl (C=O) groups is 1. The van der Waals surface area contributed by atoms with Crippen LogP contribution in [0.3, 0.4) is 0 Å². The van der Waals surface area contributed by atoms with Gasteiger partial charge in [0.25, 0.3) is 0 Å². The number of carbonyl (C=O) groups excluding carboxylic acids is 1. The van der Waals surface area contributed by atoms with Gasteiger partial charge in [0, 0.05) is 5.56 Å². The molecular weight excluding hydrogens is 227 g/mol. The lowest BCUT2D eigenvalue weighted by molar-refractivity contribution is 0.112. The third-order valence-electron chi connectivity index (χ3n) is 1.99. The third-order valence-corrected chi connectivity index (χ3v) is 2.97. The second kappa shape index (κ2) is 7.28. The van der Waals surface area contributed by atoms with Crippen molar-refractivity contribution in [2.75, 3.05) is 18.1 Å². The number of aldehydes is 1. The molecule has 0 heterocycles. The molecule has 0 amide bonds. The summed E-state index contributed by atoms with van der Waals surface area (Å²) in [4.78, 5) is 10.4. The van der Waals surface area contributed by atoms with Crippen molar-refractivity contribution in [1.82, 2.24) is 0 Å². The van der Waals surface area contributed by atoms with Crippen LogP contribution in [0.5, 0.6) is 5.75 Å². The first-order chi connectivity index (χ1) is 7.77. The molecule has 0 atom stereocenters. The molecule has 88 valence electrons. The fraction of sp³-hybridized carbons (Fsp3) is 0.417. The molecule has 0 bridgehead atoms. The lowest BCUT2D eigenvalue weighted by Gasteiger charge is -2.06. The summed E-state index contributed by atoms with van der Waals surface area (Å²) in [5.41, 5.74) is 0.325. The summed E-state index contributed by atoms with van der Waals surface area (Å²) >= 11 is 1.83. The Balaban J connectivity index is 2.39. The molecule has 0 saturated carbocycles. The van der Waals surface area contributed by atoms with Gasteiger partial charge in [0.05, 0.1) is 6.61 Å². The van der Waals surface area contributed by atoms with Crippen molar-refractivity contribution in [3.05, 3.63) is 29.6 Å². The minimum atomic E-state index is -0.479. The van der Waals surface area contributed by atoms with Gasteiger partial charge in [-0.25, -0.2) is 4.39 Å². The number of hydrogen-bond acceptors (Lipinski definition) is 3. The van der Waals surface area contributed by atoms with E-state index in [0.717, 1.165) is 17.9 Å².